The molecule has 0 aromatic heterocycles. The summed E-state index contributed by atoms with van der Waals surface area (Å²) >= 11 is 0. The molecule has 474 valence electrons. The first-order valence-electron chi connectivity index (χ1n) is 35.0. The molecule has 0 spiro atoms. The molecule has 0 N–H and O–H groups in total. The van der Waals surface area contributed by atoms with Gasteiger partial charge in [0.2, 0.25) is 0 Å². The van der Waals surface area contributed by atoms with Crippen LogP contribution in [0.2, 0.25) is 0 Å². The number of ether oxygens (including phenoxy) is 3. The molecule has 0 rings (SSSR count). The van der Waals surface area contributed by atoms with Crippen LogP contribution in [0.5, 0.6) is 0 Å². The maximum atomic E-state index is 12.9. The topological polar surface area (TPSA) is 78.9 Å². The summed E-state index contributed by atoms with van der Waals surface area (Å²) in [7, 11) is 0. The molecule has 0 heterocycles. The SMILES string of the molecule is CC/C=C\C/C=C\C/C=C\C/C=C\C/C=C\C/C=C\CCCCCCCCCCCCCCC(=O)OCC(COC(=O)CCCCCCC/C=C\CCCC)OC(=O)CCCCCCCCCC/C=C\C/C=C\C/C=C\CCCCCCC. The Hall–Kier alpha value is -4.19. The van der Waals surface area contributed by atoms with Crippen molar-refractivity contribution in [2.45, 2.75) is 335 Å². The van der Waals surface area contributed by atoms with Crippen molar-refractivity contribution in [2.24, 2.45) is 0 Å². The monoisotopic (exact) mass is 1150 g/mol. The Morgan fingerprint density at radius 2 is 0.482 bits per heavy atom. The van der Waals surface area contributed by atoms with Crippen molar-refractivity contribution in [1.29, 1.82) is 0 Å². The summed E-state index contributed by atoms with van der Waals surface area (Å²) in [6.45, 7) is 6.49. The minimum absolute atomic E-state index is 0.0850. The minimum atomic E-state index is -0.789. The van der Waals surface area contributed by atoms with Gasteiger partial charge in [-0.05, 0) is 128 Å². The van der Waals surface area contributed by atoms with E-state index in [9.17, 15) is 14.4 Å². The van der Waals surface area contributed by atoms with E-state index in [0.717, 1.165) is 122 Å². The fourth-order valence-electron chi connectivity index (χ4n) is 9.67. The Bertz CT molecular complexity index is 1700. The first-order chi connectivity index (χ1) is 41.0. The molecule has 6 heteroatoms. The second-order valence-electron chi connectivity index (χ2n) is 23.1. The first kappa shape index (κ1) is 78.8. The van der Waals surface area contributed by atoms with Gasteiger partial charge in [0.15, 0.2) is 6.10 Å². The van der Waals surface area contributed by atoms with Gasteiger partial charge in [-0.3, -0.25) is 14.4 Å². The summed E-state index contributed by atoms with van der Waals surface area (Å²) in [5.74, 6) is -0.895. The van der Waals surface area contributed by atoms with Gasteiger partial charge in [0.25, 0.3) is 0 Å². The molecule has 0 saturated heterocycles. The molecule has 0 aromatic rings. The Morgan fingerprint density at radius 3 is 0.783 bits per heavy atom. The summed E-state index contributed by atoms with van der Waals surface area (Å²) in [5.41, 5.74) is 0. The van der Waals surface area contributed by atoms with E-state index in [1.54, 1.807) is 0 Å². The van der Waals surface area contributed by atoms with E-state index in [0.29, 0.717) is 19.3 Å². The Kier molecular flexibility index (Phi) is 66.7. The molecule has 1 atom stereocenters. The maximum Gasteiger partial charge on any atom is 0.306 e. The van der Waals surface area contributed by atoms with Gasteiger partial charge in [-0.2, -0.15) is 0 Å². The molecule has 6 nitrogen and oxygen atoms in total. The van der Waals surface area contributed by atoms with Gasteiger partial charge in [0, 0.05) is 19.3 Å². The number of rotatable bonds is 63. The van der Waals surface area contributed by atoms with Crippen LogP contribution >= 0.6 is 0 Å². The number of unbranched alkanes of at least 4 members (excludes halogenated alkanes) is 32. The Morgan fingerprint density at radius 1 is 0.253 bits per heavy atom. The minimum Gasteiger partial charge on any atom is -0.462 e. The molecule has 0 bridgehead atoms. The summed E-state index contributed by atoms with van der Waals surface area (Å²) in [6.07, 6.45) is 97.9. The zero-order valence-corrected chi connectivity index (χ0v) is 54.4. The first-order valence-corrected chi connectivity index (χ1v) is 35.0. The largest absolute Gasteiger partial charge is 0.462 e. The zero-order valence-electron chi connectivity index (χ0n) is 54.4. The number of hydrogen-bond donors (Lipinski definition) is 0. The Labute approximate surface area is 513 Å². The third-order valence-electron chi connectivity index (χ3n) is 14.9. The summed E-state index contributed by atoms with van der Waals surface area (Å²) in [6, 6.07) is 0. The van der Waals surface area contributed by atoms with Gasteiger partial charge in [-0.1, -0.05) is 303 Å². The molecule has 0 aliphatic rings. The summed E-state index contributed by atoms with van der Waals surface area (Å²) in [5, 5.41) is 0. The predicted octanol–water partition coefficient (Wildman–Crippen LogP) is 24.3. The zero-order chi connectivity index (χ0) is 59.9. The molecule has 0 saturated carbocycles. The van der Waals surface area contributed by atoms with E-state index in [4.69, 9.17) is 14.2 Å². The van der Waals surface area contributed by atoms with Crippen molar-refractivity contribution < 1.29 is 28.6 Å². The molecule has 0 amide bonds. The highest BCUT2D eigenvalue weighted by atomic mass is 16.6. The third-order valence-corrected chi connectivity index (χ3v) is 14.9. The average Bonchev–Trinajstić information content (AvgIpc) is 3.48. The van der Waals surface area contributed by atoms with Gasteiger partial charge in [0.1, 0.15) is 13.2 Å². The molecule has 1 unspecified atom stereocenters. The Balaban J connectivity index is 4.25. The second kappa shape index (κ2) is 70.3. The summed E-state index contributed by atoms with van der Waals surface area (Å²) < 4.78 is 16.9. The van der Waals surface area contributed by atoms with E-state index in [1.807, 2.05) is 0 Å². The molecule has 83 heavy (non-hydrogen) atoms. The average molecular weight is 1150 g/mol. The van der Waals surface area contributed by atoms with E-state index in [-0.39, 0.29) is 31.1 Å². The van der Waals surface area contributed by atoms with Crippen molar-refractivity contribution in [3.63, 3.8) is 0 Å². The van der Waals surface area contributed by atoms with Gasteiger partial charge in [-0.15, -0.1) is 0 Å². The van der Waals surface area contributed by atoms with Crippen molar-refractivity contribution in [2.75, 3.05) is 13.2 Å². The molecule has 0 aliphatic carbocycles. The van der Waals surface area contributed by atoms with Crippen LogP contribution in [0.3, 0.4) is 0 Å². The van der Waals surface area contributed by atoms with E-state index < -0.39 is 6.10 Å². The van der Waals surface area contributed by atoms with Crippen LogP contribution in [0.1, 0.15) is 329 Å². The molecule has 0 aliphatic heterocycles. The molecule has 0 radical (unpaired) electrons. The highest BCUT2D eigenvalue weighted by Crippen LogP contribution is 2.16. The number of esters is 3. The van der Waals surface area contributed by atoms with Crippen molar-refractivity contribution in [3.8, 4) is 0 Å². The maximum absolute atomic E-state index is 12.9. The molecular formula is C77H130O6. The fraction of sp³-hybridized carbons (Fsp3) is 0.701. The fourth-order valence-corrected chi connectivity index (χ4v) is 9.67. The molecular weight excluding hydrogens is 1020 g/mol. The van der Waals surface area contributed by atoms with Crippen LogP contribution < -0.4 is 0 Å². The van der Waals surface area contributed by atoms with E-state index in [1.165, 1.54) is 167 Å². The lowest BCUT2D eigenvalue weighted by Crippen LogP contribution is -2.30. The van der Waals surface area contributed by atoms with Crippen molar-refractivity contribution >= 4 is 17.9 Å². The van der Waals surface area contributed by atoms with E-state index >= 15 is 0 Å². The quantitative estimate of drug-likeness (QED) is 0.0261. The number of carbonyl (C=O) groups is 3. The highest BCUT2D eigenvalue weighted by molar-refractivity contribution is 5.71. The van der Waals surface area contributed by atoms with Crippen molar-refractivity contribution in [3.05, 3.63) is 122 Å². The lowest BCUT2D eigenvalue weighted by Gasteiger charge is -2.18. The third kappa shape index (κ3) is 68.5. The van der Waals surface area contributed by atoms with Crippen LogP contribution in [-0.4, -0.2) is 37.2 Å². The smallest absolute Gasteiger partial charge is 0.306 e. The normalized spacial score (nSPS) is 12.9. The van der Waals surface area contributed by atoms with Crippen molar-refractivity contribution in [1.82, 2.24) is 0 Å². The number of hydrogen-bond acceptors (Lipinski definition) is 6. The van der Waals surface area contributed by atoms with Crippen LogP contribution in [0, 0.1) is 0 Å². The number of carbonyl (C=O) groups excluding carboxylic acids is 3. The lowest BCUT2D eigenvalue weighted by molar-refractivity contribution is -0.167. The molecule has 0 aromatic carbocycles. The standard InChI is InChI=1S/C77H130O6/c1-4-7-10-13-16-19-22-24-26-28-30-32-34-35-36-37-38-39-40-41-43-44-46-48-50-52-55-58-61-64-67-70-76(79)82-73-74(72-81-75(78)69-66-63-60-57-54-21-18-15-12-9-6-3)83-77(80)71-68-65-62-59-56-53-51-49-47-45-42-33-31-29-27-25-23-20-17-14-11-8-5-2/h7,10,15-16,18-19,23-26,29-32,35-36,38-39,42,45,74H,4-6,8-9,11-14,17,20-22,27-28,33-34,37,40-41,43-44,46-73H2,1-3H3/b10-7-,18-15-,19-16-,25-23-,26-24-,31-29-,32-30-,36-35-,39-38-,45-42-. The van der Waals surface area contributed by atoms with Crippen LogP contribution in [-0.2, 0) is 28.6 Å². The van der Waals surface area contributed by atoms with Gasteiger partial charge < -0.3 is 14.2 Å². The van der Waals surface area contributed by atoms with Gasteiger partial charge in [-0.25, -0.2) is 0 Å². The second-order valence-corrected chi connectivity index (χ2v) is 23.1. The number of allylic oxidation sites excluding steroid dienone is 20. The predicted molar refractivity (Wildman–Crippen MR) is 362 cm³/mol. The lowest BCUT2D eigenvalue weighted by atomic mass is 10.0. The highest BCUT2D eigenvalue weighted by Gasteiger charge is 2.19. The van der Waals surface area contributed by atoms with Crippen LogP contribution in [0.4, 0.5) is 0 Å². The van der Waals surface area contributed by atoms with Crippen LogP contribution in [0.25, 0.3) is 0 Å². The van der Waals surface area contributed by atoms with Gasteiger partial charge in [0.05, 0.1) is 0 Å². The van der Waals surface area contributed by atoms with Gasteiger partial charge >= 0.3 is 17.9 Å². The van der Waals surface area contributed by atoms with Crippen LogP contribution in [0.15, 0.2) is 122 Å². The summed E-state index contributed by atoms with van der Waals surface area (Å²) in [4.78, 5) is 38.4. The van der Waals surface area contributed by atoms with E-state index in [2.05, 4.69) is 142 Å². The molecule has 0 fully saturated rings.